The first kappa shape index (κ1) is 17.4. The first-order chi connectivity index (χ1) is 10.7. The molecule has 0 aliphatic carbocycles. The maximum absolute atomic E-state index is 11.8. The number of nitrogens with one attached hydrogen (secondary N) is 2. The molecule has 0 aliphatic heterocycles. The van der Waals surface area contributed by atoms with Crippen LogP contribution in [-0.4, -0.2) is 31.3 Å². The highest BCUT2D eigenvalue weighted by molar-refractivity contribution is 9.11. The van der Waals surface area contributed by atoms with E-state index in [1.165, 1.54) is 11.3 Å². The van der Waals surface area contributed by atoms with Gasteiger partial charge in [0.2, 0.25) is 0 Å². The molecule has 0 saturated heterocycles. The molecule has 0 atom stereocenters. The van der Waals surface area contributed by atoms with Crippen molar-refractivity contribution in [3.63, 3.8) is 0 Å². The van der Waals surface area contributed by atoms with Crippen molar-refractivity contribution in [1.29, 1.82) is 0 Å². The number of carbonyl (C=O) groups excluding carboxylic acids is 1. The molecule has 0 aromatic carbocycles. The molecule has 0 bridgehead atoms. The van der Waals surface area contributed by atoms with E-state index in [0.29, 0.717) is 31.5 Å². The van der Waals surface area contributed by atoms with E-state index in [4.69, 9.17) is 9.47 Å². The van der Waals surface area contributed by atoms with E-state index in [0.717, 1.165) is 14.4 Å². The summed E-state index contributed by atoms with van der Waals surface area (Å²) in [4.78, 5) is 17.2. The Kier molecular flexibility index (Phi) is 7.26. The van der Waals surface area contributed by atoms with Crippen LogP contribution in [0.1, 0.15) is 10.6 Å². The van der Waals surface area contributed by atoms with E-state index in [2.05, 4.69) is 31.5 Å². The van der Waals surface area contributed by atoms with Gasteiger partial charge in [0.15, 0.2) is 5.13 Å². The molecule has 2 heterocycles. The molecule has 2 aromatic heterocycles. The maximum Gasteiger partial charge on any atom is 0.321 e. The highest BCUT2D eigenvalue weighted by Crippen LogP contribution is 2.21. The minimum atomic E-state index is -0.272. The average Bonchev–Trinajstić information content (AvgIpc) is 3.11. The summed E-state index contributed by atoms with van der Waals surface area (Å²) in [6, 6.07) is 3.65. The fourth-order valence-corrected chi connectivity index (χ4v) is 3.62. The summed E-state index contributed by atoms with van der Waals surface area (Å²) < 4.78 is 11.3. The molecule has 2 rings (SSSR count). The molecule has 9 heteroatoms. The molecule has 2 amide bonds. The van der Waals surface area contributed by atoms with Gasteiger partial charge in [-0.2, -0.15) is 0 Å². The van der Waals surface area contributed by atoms with Crippen LogP contribution in [-0.2, 0) is 22.6 Å². The van der Waals surface area contributed by atoms with Crippen LogP contribution in [0.2, 0.25) is 0 Å². The molecule has 0 radical (unpaired) electrons. The molecule has 0 fully saturated rings. The normalized spacial score (nSPS) is 10.6. The molecule has 2 N–H and O–H groups in total. The number of carbonyl (C=O) groups is 1. The SMILES string of the molecule is COCCOCc1csc(NC(=O)NCc2ccc(Br)s2)n1. The average molecular weight is 406 g/mol. The molecule has 0 spiro atoms. The number of amides is 2. The number of halogens is 1. The van der Waals surface area contributed by atoms with Crippen LogP contribution in [0.25, 0.3) is 0 Å². The zero-order valence-corrected chi connectivity index (χ0v) is 15.1. The third kappa shape index (κ3) is 6.01. The number of hydrogen-bond acceptors (Lipinski definition) is 6. The van der Waals surface area contributed by atoms with Gasteiger partial charge in [0, 0.05) is 17.4 Å². The monoisotopic (exact) mass is 405 g/mol. The van der Waals surface area contributed by atoms with E-state index in [1.54, 1.807) is 18.4 Å². The van der Waals surface area contributed by atoms with Gasteiger partial charge >= 0.3 is 6.03 Å². The number of anilines is 1. The highest BCUT2D eigenvalue weighted by atomic mass is 79.9. The summed E-state index contributed by atoms with van der Waals surface area (Å²) in [6.07, 6.45) is 0. The van der Waals surface area contributed by atoms with Crippen LogP contribution < -0.4 is 10.6 Å². The summed E-state index contributed by atoms with van der Waals surface area (Å²) in [7, 11) is 1.63. The largest absolute Gasteiger partial charge is 0.382 e. The van der Waals surface area contributed by atoms with Gasteiger partial charge in [0.1, 0.15) is 0 Å². The van der Waals surface area contributed by atoms with Gasteiger partial charge < -0.3 is 14.8 Å². The predicted molar refractivity (Wildman–Crippen MR) is 91.5 cm³/mol. The van der Waals surface area contributed by atoms with Crippen LogP contribution in [0.5, 0.6) is 0 Å². The van der Waals surface area contributed by atoms with E-state index in [-0.39, 0.29) is 6.03 Å². The lowest BCUT2D eigenvalue weighted by molar-refractivity contribution is 0.0604. The predicted octanol–water partition coefficient (Wildman–Crippen LogP) is 3.45. The van der Waals surface area contributed by atoms with Gasteiger partial charge in [-0.05, 0) is 28.1 Å². The van der Waals surface area contributed by atoms with Crippen molar-refractivity contribution in [3.05, 3.63) is 31.9 Å². The Morgan fingerprint density at radius 3 is 3.00 bits per heavy atom. The lowest BCUT2D eigenvalue weighted by atomic mass is 10.5. The number of thiazole rings is 1. The fourth-order valence-electron chi connectivity index (χ4n) is 1.51. The van der Waals surface area contributed by atoms with Crippen molar-refractivity contribution in [2.24, 2.45) is 0 Å². The first-order valence-corrected chi connectivity index (χ1v) is 8.96. The molecule has 120 valence electrons. The standard InChI is InChI=1S/C13H16BrN3O3S2/c1-19-4-5-20-7-9-8-21-13(16-9)17-12(18)15-6-10-2-3-11(14)22-10/h2-3,8H,4-7H2,1H3,(H2,15,16,17,18). The summed E-state index contributed by atoms with van der Waals surface area (Å²) in [6.45, 7) is 1.97. The molecule has 2 aromatic rings. The second-order valence-electron chi connectivity index (χ2n) is 4.20. The number of hydrogen-bond donors (Lipinski definition) is 2. The minimum Gasteiger partial charge on any atom is -0.382 e. The Bertz CT molecular complexity index is 603. The summed E-state index contributed by atoms with van der Waals surface area (Å²) in [5.74, 6) is 0. The van der Waals surface area contributed by atoms with Crippen LogP contribution in [0.3, 0.4) is 0 Å². The highest BCUT2D eigenvalue weighted by Gasteiger charge is 2.07. The molecule has 0 aliphatic rings. The minimum absolute atomic E-state index is 0.272. The third-order valence-corrected chi connectivity index (χ3v) is 4.94. The lowest BCUT2D eigenvalue weighted by Gasteiger charge is -2.03. The van der Waals surface area contributed by atoms with Gasteiger partial charge in [0.05, 0.1) is 35.8 Å². The lowest BCUT2D eigenvalue weighted by Crippen LogP contribution is -2.27. The Labute approximate surface area is 145 Å². The Balaban J connectivity index is 1.71. The number of urea groups is 1. The van der Waals surface area contributed by atoms with Crippen LogP contribution >= 0.6 is 38.6 Å². The Morgan fingerprint density at radius 2 is 2.27 bits per heavy atom. The number of thiophene rings is 1. The van der Waals surface area contributed by atoms with Gasteiger partial charge in [-0.25, -0.2) is 9.78 Å². The zero-order chi connectivity index (χ0) is 15.8. The van der Waals surface area contributed by atoms with Crippen molar-refractivity contribution in [2.75, 3.05) is 25.6 Å². The smallest absolute Gasteiger partial charge is 0.321 e. The van der Waals surface area contributed by atoms with Crippen molar-refractivity contribution >= 4 is 49.8 Å². The zero-order valence-electron chi connectivity index (χ0n) is 11.9. The Morgan fingerprint density at radius 1 is 1.41 bits per heavy atom. The van der Waals surface area contributed by atoms with Crippen LogP contribution in [0, 0.1) is 0 Å². The van der Waals surface area contributed by atoms with Gasteiger partial charge in [-0.15, -0.1) is 22.7 Å². The molecule has 0 unspecified atom stereocenters. The molecule has 22 heavy (non-hydrogen) atoms. The van der Waals surface area contributed by atoms with Gasteiger partial charge in [0.25, 0.3) is 0 Å². The Hall–Kier alpha value is -1.000. The van der Waals surface area contributed by atoms with E-state index in [1.807, 2.05) is 17.5 Å². The van der Waals surface area contributed by atoms with E-state index < -0.39 is 0 Å². The molecular formula is C13H16BrN3O3S2. The third-order valence-electron chi connectivity index (χ3n) is 2.51. The van der Waals surface area contributed by atoms with Gasteiger partial charge in [-0.3, -0.25) is 5.32 Å². The van der Waals surface area contributed by atoms with Crippen LogP contribution in [0.15, 0.2) is 21.3 Å². The maximum atomic E-state index is 11.8. The van der Waals surface area contributed by atoms with Crippen molar-refractivity contribution in [1.82, 2.24) is 10.3 Å². The van der Waals surface area contributed by atoms with E-state index in [9.17, 15) is 4.79 Å². The molecule has 0 saturated carbocycles. The van der Waals surface area contributed by atoms with E-state index >= 15 is 0 Å². The fraction of sp³-hybridized carbons (Fsp3) is 0.385. The first-order valence-electron chi connectivity index (χ1n) is 6.47. The number of ether oxygens (including phenoxy) is 2. The van der Waals surface area contributed by atoms with Crippen molar-refractivity contribution < 1.29 is 14.3 Å². The summed E-state index contributed by atoms with van der Waals surface area (Å²) in [5, 5.41) is 7.91. The summed E-state index contributed by atoms with van der Waals surface area (Å²) in [5.41, 5.74) is 0.790. The summed E-state index contributed by atoms with van der Waals surface area (Å²) >= 11 is 6.34. The van der Waals surface area contributed by atoms with Gasteiger partial charge in [-0.1, -0.05) is 0 Å². The van der Waals surface area contributed by atoms with Crippen molar-refractivity contribution in [2.45, 2.75) is 13.2 Å². The topological polar surface area (TPSA) is 72.5 Å². The second kappa shape index (κ2) is 9.21. The number of rotatable bonds is 8. The quantitative estimate of drug-likeness (QED) is 0.659. The molecule has 6 nitrogen and oxygen atoms in total. The number of methoxy groups -OCH3 is 1. The second-order valence-corrected chi connectivity index (χ2v) is 7.61. The van der Waals surface area contributed by atoms with Crippen molar-refractivity contribution in [3.8, 4) is 0 Å². The number of nitrogens with zero attached hydrogens (tertiary/aromatic N) is 1. The number of aromatic nitrogens is 1. The molecular weight excluding hydrogens is 390 g/mol. The van der Waals surface area contributed by atoms with Crippen LogP contribution in [0.4, 0.5) is 9.93 Å².